The predicted octanol–water partition coefficient (Wildman–Crippen LogP) is 2.49. The van der Waals surface area contributed by atoms with Gasteiger partial charge in [-0.05, 0) is 20.8 Å². The summed E-state index contributed by atoms with van der Waals surface area (Å²) in [6.07, 6.45) is 0. The van der Waals surface area contributed by atoms with Crippen LogP contribution in [0, 0.1) is 23.0 Å². The second kappa shape index (κ2) is 6.05. The Hall–Kier alpha value is -1.57. The number of carboxylic acids is 1. The zero-order valence-corrected chi connectivity index (χ0v) is 12.1. The molecule has 0 radical (unpaired) electrons. The third-order valence-corrected chi connectivity index (χ3v) is 3.89. The highest BCUT2D eigenvalue weighted by Crippen LogP contribution is 2.34. The van der Waals surface area contributed by atoms with E-state index in [9.17, 15) is 14.9 Å². The van der Waals surface area contributed by atoms with E-state index >= 15 is 0 Å². The molecule has 0 spiro atoms. The van der Waals surface area contributed by atoms with Gasteiger partial charge in [0.15, 0.2) is 5.03 Å². The second-order valence-corrected chi connectivity index (χ2v) is 5.59. The van der Waals surface area contributed by atoms with Crippen LogP contribution in [0.4, 0.5) is 5.69 Å². The van der Waals surface area contributed by atoms with Gasteiger partial charge in [0.2, 0.25) is 0 Å². The van der Waals surface area contributed by atoms with Crippen LogP contribution < -0.4 is 0 Å². The Kier molecular flexibility index (Phi) is 4.93. The average molecular weight is 287 g/mol. The molecule has 1 atom stereocenters. The third kappa shape index (κ3) is 3.46. The minimum atomic E-state index is -0.914. The van der Waals surface area contributed by atoms with Crippen LogP contribution in [0.15, 0.2) is 5.03 Å². The fourth-order valence-corrected chi connectivity index (χ4v) is 2.78. The number of aliphatic carboxylic acids is 1. The van der Waals surface area contributed by atoms with Gasteiger partial charge >= 0.3 is 11.7 Å². The SMILES string of the molecule is Cc1nn(C(C)C)c(SCC(C)C(=O)O)c1[N+](=O)[O-]. The van der Waals surface area contributed by atoms with Crippen LogP contribution in [0.1, 0.15) is 32.5 Å². The Morgan fingerprint density at radius 1 is 1.53 bits per heavy atom. The lowest BCUT2D eigenvalue weighted by Crippen LogP contribution is -2.13. The summed E-state index contributed by atoms with van der Waals surface area (Å²) in [7, 11) is 0. The number of nitro groups is 1. The first-order valence-corrected chi connectivity index (χ1v) is 6.83. The van der Waals surface area contributed by atoms with Crippen molar-refractivity contribution >= 4 is 23.4 Å². The molecule has 1 rings (SSSR count). The molecule has 0 bridgehead atoms. The number of carbonyl (C=O) groups is 1. The van der Waals surface area contributed by atoms with E-state index in [1.54, 1.807) is 18.5 Å². The molecule has 0 fully saturated rings. The Bertz CT molecular complexity index is 498. The summed E-state index contributed by atoms with van der Waals surface area (Å²) in [6, 6.07) is -0.0185. The number of aromatic nitrogens is 2. The highest BCUT2D eigenvalue weighted by atomic mass is 32.2. The van der Waals surface area contributed by atoms with Gasteiger partial charge in [-0.25, -0.2) is 4.68 Å². The van der Waals surface area contributed by atoms with Crippen molar-refractivity contribution in [3.05, 3.63) is 15.8 Å². The van der Waals surface area contributed by atoms with Crippen LogP contribution in [0.3, 0.4) is 0 Å². The molecule has 0 saturated carbocycles. The van der Waals surface area contributed by atoms with Gasteiger partial charge in [-0.1, -0.05) is 18.7 Å². The maximum atomic E-state index is 11.1. The molecule has 8 heteroatoms. The average Bonchev–Trinajstić information content (AvgIpc) is 2.62. The van der Waals surface area contributed by atoms with E-state index in [1.165, 1.54) is 11.8 Å². The first-order chi connectivity index (χ1) is 8.75. The molecule has 7 nitrogen and oxygen atoms in total. The normalized spacial score (nSPS) is 12.7. The Morgan fingerprint density at radius 2 is 2.11 bits per heavy atom. The highest BCUT2D eigenvalue weighted by Gasteiger charge is 2.27. The minimum absolute atomic E-state index is 0.0185. The summed E-state index contributed by atoms with van der Waals surface area (Å²) >= 11 is 1.17. The van der Waals surface area contributed by atoms with Crippen LogP contribution in [0.5, 0.6) is 0 Å². The third-order valence-electron chi connectivity index (χ3n) is 2.57. The molecular formula is C11H17N3O4S. The topological polar surface area (TPSA) is 98.3 Å². The van der Waals surface area contributed by atoms with Crippen molar-refractivity contribution in [2.75, 3.05) is 5.75 Å². The molecule has 0 aliphatic carbocycles. The molecule has 19 heavy (non-hydrogen) atoms. The van der Waals surface area contributed by atoms with Crippen LogP contribution in [0.25, 0.3) is 0 Å². The maximum absolute atomic E-state index is 11.1. The van der Waals surface area contributed by atoms with Crippen molar-refractivity contribution in [1.29, 1.82) is 0 Å². The Morgan fingerprint density at radius 3 is 2.53 bits per heavy atom. The molecule has 0 aliphatic rings. The summed E-state index contributed by atoms with van der Waals surface area (Å²) in [5, 5.41) is 24.5. The lowest BCUT2D eigenvalue weighted by atomic mass is 10.2. The van der Waals surface area contributed by atoms with Crippen molar-refractivity contribution in [3.8, 4) is 0 Å². The molecule has 0 aromatic carbocycles. The zero-order chi connectivity index (χ0) is 14.7. The van der Waals surface area contributed by atoms with E-state index in [0.717, 1.165) is 0 Å². The molecular weight excluding hydrogens is 270 g/mol. The molecule has 1 aromatic rings. The van der Waals surface area contributed by atoms with Gasteiger partial charge in [0, 0.05) is 11.8 Å². The molecule has 1 unspecified atom stereocenters. The molecule has 1 N–H and O–H groups in total. The van der Waals surface area contributed by atoms with Gasteiger partial charge in [-0.3, -0.25) is 14.9 Å². The maximum Gasteiger partial charge on any atom is 0.323 e. The van der Waals surface area contributed by atoms with Crippen LogP contribution in [-0.4, -0.2) is 31.5 Å². The monoisotopic (exact) mass is 287 g/mol. The van der Waals surface area contributed by atoms with Crippen LogP contribution >= 0.6 is 11.8 Å². The molecule has 1 heterocycles. The van der Waals surface area contributed by atoms with Gasteiger partial charge in [-0.2, -0.15) is 5.10 Å². The van der Waals surface area contributed by atoms with Gasteiger partial charge in [0.05, 0.1) is 10.8 Å². The smallest absolute Gasteiger partial charge is 0.323 e. The Labute approximate surface area is 115 Å². The molecule has 0 aliphatic heterocycles. The summed E-state index contributed by atoms with van der Waals surface area (Å²) in [6.45, 7) is 6.91. The number of aryl methyl sites for hydroxylation is 1. The van der Waals surface area contributed by atoms with E-state index in [2.05, 4.69) is 5.10 Å². The van der Waals surface area contributed by atoms with Crippen LogP contribution in [0.2, 0.25) is 0 Å². The number of rotatable bonds is 6. The van der Waals surface area contributed by atoms with Crippen molar-refractivity contribution in [2.45, 2.75) is 38.8 Å². The predicted molar refractivity (Wildman–Crippen MR) is 71.5 cm³/mol. The van der Waals surface area contributed by atoms with Gasteiger partial charge in [0.25, 0.3) is 0 Å². The van der Waals surface area contributed by atoms with Crippen LogP contribution in [-0.2, 0) is 4.79 Å². The largest absolute Gasteiger partial charge is 0.481 e. The lowest BCUT2D eigenvalue weighted by molar-refractivity contribution is -0.388. The molecule has 0 amide bonds. The molecule has 0 saturated heterocycles. The number of hydrogen-bond donors (Lipinski definition) is 1. The van der Waals surface area contributed by atoms with Gasteiger partial charge in [-0.15, -0.1) is 0 Å². The zero-order valence-electron chi connectivity index (χ0n) is 11.3. The summed E-state index contributed by atoms with van der Waals surface area (Å²) in [5.74, 6) is -1.21. The first kappa shape index (κ1) is 15.5. The van der Waals surface area contributed by atoms with E-state index in [0.29, 0.717) is 10.7 Å². The summed E-state index contributed by atoms with van der Waals surface area (Å²) in [5.41, 5.74) is 0.320. The summed E-state index contributed by atoms with van der Waals surface area (Å²) < 4.78 is 1.58. The van der Waals surface area contributed by atoms with Gasteiger partial charge in [0.1, 0.15) is 5.69 Å². The van der Waals surface area contributed by atoms with Crippen molar-refractivity contribution in [2.24, 2.45) is 5.92 Å². The van der Waals surface area contributed by atoms with Gasteiger partial charge < -0.3 is 5.11 Å². The lowest BCUT2D eigenvalue weighted by Gasteiger charge is -2.10. The van der Waals surface area contributed by atoms with Crippen molar-refractivity contribution in [1.82, 2.24) is 9.78 Å². The first-order valence-electron chi connectivity index (χ1n) is 5.84. The van der Waals surface area contributed by atoms with Crippen molar-refractivity contribution in [3.63, 3.8) is 0 Å². The number of carboxylic acid groups (broad SMARTS) is 1. The van der Waals surface area contributed by atoms with Crippen molar-refractivity contribution < 1.29 is 14.8 Å². The van der Waals surface area contributed by atoms with E-state index < -0.39 is 16.8 Å². The van der Waals surface area contributed by atoms with E-state index in [1.807, 2.05) is 13.8 Å². The highest BCUT2D eigenvalue weighted by molar-refractivity contribution is 7.99. The number of nitrogens with zero attached hydrogens (tertiary/aromatic N) is 3. The molecule has 1 aromatic heterocycles. The van der Waals surface area contributed by atoms with E-state index in [4.69, 9.17) is 5.11 Å². The number of thioether (sulfide) groups is 1. The second-order valence-electron chi connectivity index (χ2n) is 4.58. The Balaban J connectivity index is 3.09. The number of hydrogen-bond acceptors (Lipinski definition) is 5. The minimum Gasteiger partial charge on any atom is -0.481 e. The standard InChI is InChI=1S/C11H17N3O4S/c1-6(2)13-10(19-5-7(3)11(15)16)9(14(17)18)8(4)12-13/h6-7H,5H2,1-4H3,(H,15,16). The summed E-state index contributed by atoms with van der Waals surface area (Å²) in [4.78, 5) is 21.4. The fourth-order valence-electron chi connectivity index (χ4n) is 1.49. The fraction of sp³-hybridized carbons (Fsp3) is 0.636. The molecule has 106 valence electrons. The van der Waals surface area contributed by atoms with E-state index in [-0.39, 0.29) is 17.5 Å². The quantitative estimate of drug-likeness (QED) is 0.490.